The Morgan fingerprint density at radius 1 is 0.750 bits per heavy atom. The molecule has 0 saturated heterocycles. The van der Waals surface area contributed by atoms with Crippen molar-refractivity contribution in [3.8, 4) is 0 Å². The fourth-order valence-electron chi connectivity index (χ4n) is 0. The fraction of sp³-hybridized carbons (Fsp3) is 0. The van der Waals surface area contributed by atoms with E-state index in [9.17, 15) is 0 Å². The van der Waals surface area contributed by atoms with Gasteiger partial charge in [-0.3, -0.25) is 0 Å². The molecule has 0 bridgehead atoms. The molecule has 22 valence electrons. The molecule has 0 aromatic heterocycles. The Bertz CT molecular complexity index is 6.00. The summed E-state index contributed by atoms with van der Waals surface area (Å²) in [5.74, 6) is 0. The van der Waals surface area contributed by atoms with Gasteiger partial charge in [0.25, 0.3) is 0 Å². The Hall–Kier alpha value is 1.21. The van der Waals surface area contributed by atoms with Crippen molar-refractivity contribution in [3.05, 3.63) is 0 Å². The van der Waals surface area contributed by atoms with E-state index < -0.39 is 0 Å². The Morgan fingerprint density at radius 3 is 0.750 bits per heavy atom. The zero-order valence-electron chi connectivity index (χ0n) is 1.88. The van der Waals surface area contributed by atoms with Gasteiger partial charge in [-0.25, -0.2) is 0 Å². The summed E-state index contributed by atoms with van der Waals surface area (Å²) in [5, 5.41) is 0. The summed E-state index contributed by atoms with van der Waals surface area (Å²) in [4.78, 5) is 0. The molecule has 0 saturated carbocycles. The molecule has 0 radical (unpaired) electrons. The minimum atomic E-state index is 0. The Balaban J connectivity index is 0. The van der Waals surface area contributed by atoms with E-state index in [1.54, 1.807) is 0 Å². The van der Waals surface area contributed by atoms with Crippen molar-refractivity contribution in [2.45, 2.75) is 0 Å². The minimum absolute atomic E-state index is 0. The van der Waals surface area contributed by atoms with Gasteiger partial charge in [0.15, 0.2) is 0 Å². The van der Waals surface area contributed by atoms with E-state index in [-0.39, 0.29) is 51.1 Å². The summed E-state index contributed by atoms with van der Waals surface area (Å²) in [6.07, 6.45) is 0. The van der Waals surface area contributed by atoms with Gasteiger partial charge in [-0.1, -0.05) is 0 Å². The molecule has 0 aliphatic carbocycles. The van der Waals surface area contributed by atoms with Crippen molar-refractivity contribution in [1.82, 2.24) is 0 Å². The Labute approximate surface area is 51.2 Å². The van der Waals surface area contributed by atoms with E-state index in [0.717, 1.165) is 0 Å². The second-order valence-electron chi connectivity index (χ2n) is 0. The average Bonchev–Trinajstić information content (AvgIpc) is 0. The first-order chi connectivity index (χ1) is 0. The van der Waals surface area contributed by atoms with Crippen LogP contribution in [-0.4, -0.2) is 23.1 Å². The van der Waals surface area contributed by atoms with Gasteiger partial charge in [0, 0.05) is 0 Å². The molecule has 0 fully saturated rings. The van der Waals surface area contributed by atoms with Crippen LogP contribution in [0.2, 0.25) is 0 Å². The van der Waals surface area contributed by atoms with Gasteiger partial charge in [0.05, 0.1) is 0 Å². The summed E-state index contributed by atoms with van der Waals surface area (Å²) >= 11 is 0. The maximum atomic E-state index is 0. The quantitative estimate of drug-likeness (QED) is 0.375. The summed E-state index contributed by atoms with van der Waals surface area (Å²) in [6.45, 7) is 0. The van der Waals surface area contributed by atoms with Crippen molar-refractivity contribution in [3.63, 3.8) is 0 Å². The maximum absolute atomic E-state index is 0. The first-order valence-corrected chi connectivity index (χ1v) is 0. The van der Waals surface area contributed by atoms with Crippen LogP contribution in [0.15, 0.2) is 0 Å². The normalized spacial score (nSPS) is 0. The third-order valence-corrected chi connectivity index (χ3v) is 0. The van der Waals surface area contributed by atoms with E-state index in [2.05, 4.69) is 0 Å². The van der Waals surface area contributed by atoms with E-state index in [0.29, 0.717) is 0 Å². The van der Waals surface area contributed by atoms with Crippen LogP contribution in [0, 0.1) is 0 Å². The summed E-state index contributed by atoms with van der Waals surface area (Å²) in [7, 11) is 0. The zero-order chi connectivity index (χ0) is 0. The van der Waals surface area contributed by atoms with Gasteiger partial charge in [0.1, 0.15) is 0 Å². The second kappa shape index (κ2) is 29.7. The predicted molar refractivity (Wildman–Crippen MR) is 7.13 cm³/mol. The molecular weight excluding hydrogens is 112 g/mol. The van der Waals surface area contributed by atoms with Crippen LogP contribution < -0.4 is 0 Å². The van der Waals surface area contributed by atoms with Gasteiger partial charge in [-0.15, -0.1) is 0 Å². The molecule has 4 heavy (non-hydrogen) atoms. The second-order valence-corrected chi connectivity index (χ2v) is 0. The SMILES string of the molecule is [Fe+2].[Mg+2].[O-2].[O-2]. The van der Waals surface area contributed by atoms with Crippen molar-refractivity contribution >= 4 is 23.1 Å². The smallest absolute Gasteiger partial charge is 2.00 e. The molecule has 0 rings (SSSR count). The van der Waals surface area contributed by atoms with Gasteiger partial charge >= 0.3 is 40.1 Å². The molecule has 0 spiro atoms. The number of hydrogen-bond donors (Lipinski definition) is 0. The largest absolute Gasteiger partial charge is 2.00 e. The van der Waals surface area contributed by atoms with Gasteiger partial charge in [-0.2, -0.15) is 0 Å². The van der Waals surface area contributed by atoms with Gasteiger partial charge < -0.3 is 11.0 Å². The first-order valence-electron chi connectivity index (χ1n) is 0. The van der Waals surface area contributed by atoms with Crippen LogP contribution in [0.4, 0.5) is 0 Å². The average molecular weight is 112 g/mol. The van der Waals surface area contributed by atoms with E-state index >= 15 is 0 Å². The van der Waals surface area contributed by atoms with Crippen LogP contribution in [-0.2, 0) is 28.0 Å². The fourth-order valence-corrected chi connectivity index (χ4v) is 0. The van der Waals surface area contributed by atoms with Crippen molar-refractivity contribution in [2.75, 3.05) is 0 Å². The molecule has 0 aromatic carbocycles. The van der Waals surface area contributed by atoms with Crippen LogP contribution in [0.5, 0.6) is 0 Å². The van der Waals surface area contributed by atoms with Crippen LogP contribution in [0.25, 0.3) is 0 Å². The molecule has 2 nitrogen and oxygen atoms in total. The summed E-state index contributed by atoms with van der Waals surface area (Å²) < 4.78 is 0. The molecule has 0 aliphatic rings. The van der Waals surface area contributed by atoms with Gasteiger partial charge in [-0.05, 0) is 0 Å². The Kier molecular flexibility index (Phi) is 471. The number of rotatable bonds is 0. The molecule has 0 heterocycles. The van der Waals surface area contributed by atoms with Gasteiger partial charge in [0.2, 0.25) is 0 Å². The molecule has 4 heteroatoms. The van der Waals surface area contributed by atoms with Crippen molar-refractivity contribution in [1.29, 1.82) is 0 Å². The first kappa shape index (κ1) is 63.3. The molecule has 0 aromatic rings. The Morgan fingerprint density at radius 2 is 0.750 bits per heavy atom. The number of hydrogen-bond acceptors (Lipinski definition) is 0. The molecule has 0 unspecified atom stereocenters. The third-order valence-electron chi connectivity index (χ3n) is 0. The topological polar surface area (TPSA) is 57.0 Å². The molecule has 0 aliphatic heterocycles. The monoisotopic (exact) mass is 112 g/mol. The molecule has 0 N–H and O–H groups in total. The molecular formula is FeMgO2. The summed E-state index contributed by atoms with van der Waals surface area (Å²) in [5.41, 5.74) is 0. The van der Waals surface area contributed by atoms with E-state index in [4.69, 9.17) is 0 Å². The summed E-state index contributed by atoms with van der Waals surface area (Å²) in [6, 6.07) is 0. The maximum Gasteiger partial charge on any atom is 2.00 e. The van der Waals surface area contributed by atoms with Crippen LogP contribution in [0.1, 0.15) is 0 Å². The van der Waals surface area contributed by atoms with Crippen LogP contribution >= 0.6 is 0 Å². The standard InChI is InChI=1S/Fe.Mg.2O/q2*+2;2*-2. The van der Waals surface area contributed by atoms with E-state index in [1.165, 1.54) is 0 Å². The van der Waals surface area contributed by atoms with Crippen LogP contribution in [0.3, 0.4) is 0 Å². The minimum Gasteiger partial charge on any atom is -2.00 e. The van der Waals surface area contributed by atoms with Crippen molar-refractivity contribution in [2.24, 2.45) is 0 Å². The van der Waals surface area contributed by atoms with Crippen molar-refractivity contribution < 1.29 is 28.0 Å². The molecule has 0 amide bonds. The zero-order valence-corrected chi connectivity index (χ0v) is 4.40. The predicted octanol–water partition coefficient (Wildman–Crippen LogP) is -0.621. The van der Waals surface area contributed by atoms with E-state index in [1.807, 2.05) is 0 Å². The third kappa shape index (κ3) is 10.7. The molecule has 0 atom stereocenters.